The zero-order valence-electron chi connectivity index (χ0n) is 16.2. The minimum Gasteiger partial charge on any atom is -0.479 e. The fourth-order valence-corrected chi connectivity index (χ4v) is 3.50. The van der Waals surface area contributed by atoms with E-state index in [9.17, 15) is 9.90 Å². The number of hydrogen-bond donors (Lipinski definition) is 1. The maximum Gasteiger partial charge on any atom is 0.344 e. The van der Waals surface area contributed by atoms with Crippen LogP contribution < -0.4 is 9.47 Å². The largest absolute Gasteiger partial charge is 0.479 e. The molecule has 1 saturated heterocycles. The molecule has 2 atom stereocenters. The standard InChI is InChI=1S/C22H21ClN2O5/c23-14-3-9-18-19(12-14)24-13-21(25-18)30-17-6-4-16(5-7-17)29-20(22(26)27)10-8-15-2-1-11-28-15/h3-7,9,12-13,15,20H,1-2,8,10-11H2,(H,26,27)/t15?,20-/m1/s1. The van der Waals surface area contributed by atoms with Crippen molar-refractivity contribution in [3.63, 3.8) is 0 Å². The number of nitrogens with zero attached hydrogens (tertiary/aromatic N) is 2. The van der Waals surface area contributed by atoms with Crippen LogP contribution in [0.1, 0.15) is 25.7 Å². The Labute approximate surface area is 178 Å². The van der Waals surface area contributed by atoms with Crippen LogP contribution in [0.25, 0.3) is 11.0 Å². The Morgan fingerprint density at radius 2 is 2.00 bits per heavy atom. The van der Waals surface area contributed by atoms with Crippen LogP contribution >= 0.6 is 11.6 Å². The quantitative estimate of drug-likeness (QED) is 0.547. The first-order chi connectivity index (χ1) is 14.6. The van der Waals surface area contributed by atoms with Crippen molar-refractivity contribution < 1.29 is 24.1 Å². The fourth-order valence-electron chi connectivity index (χ4n) is 3.33. The molecule has 1 aromatic heterocycles. The second kappa shape index (κ2) is 9.28. The van der Waals surface area contributed by atoms with Gasteiger partial charge in [-0.1, -0.05) is 11.6 Å². The lowest BCUT2D eigenvalue weighted by Gasteiger charge is -2.17. The molecule has 1 aliphatic heterocycles. The van der Waals surface area contributed by atoms with E-state index in [4.69, 9.17) is 25.8 Å². The molecule has 0 aliphatic carbocycles. The summed E-state index contributed by atoms with van der Waals surface area (Å²) in [6.07, 6.45) is 3.81. The second-order valence-corrected chi connectivity index (χ2v) is 7.51. The first-order valence-corrected chi connectivity index (χ1v) is 10.2. The summed E-state index contributed by atoms with van der Waals surface area (Å²) in [4.78, 5) is 20.2. The van der Waals surface area contributed by atoms with Gasteiger partial charge in [0.2, 0.25) is 5.88 Å². The molecule has 7 nitrogen and oxygen atoms in total. The third-order valence-electron chi connectivity index (χ3n) is 4.86. The van der Waals surface area contributed by atoms with E-state index in [0.29, 0.717) is 46.3 Å². The molecular formula is C22H21ClN2O5. The number of carboxylic acids is 1. The van der Waals surface area contributed by atoms with Crippen molar-refractivity contribution in [1.82, 2.24) is 9.97 Å². The zero-order chi connectivity index (χ0) is 20.9. The predicted octanol–water partition coefficient (Wildman–Crippen LogP) is 4.87. The van der Waals surface area contributed by atoms with Crippen molar-refractivity contribution in [3.8, 4) is 17.4 Å². The van der Waals surface area contributed by atoms with Crippen LogP contribution in [0.2, 0.25) is 5.02 Å². The van der Waals surface area contributed by atoms with Crippen LogP contribution in [0.4, 0.5) is 0 Å². The molecule has 1 N–H and O–H groups in total. The topological polar surface area (TPSA) is 90.8 Å². The Morgan fingerprint density at radius 3 is 2.73 bits per heavy atom. The van der Waals surface area contributed by atoms with Gasteiger partial charge in [-0.25, -0.2) is 14.8 Å². The first-order valence-electron chi connectivity index (χ1n) is 9.78. The van der Waals surface area contributed by atoms with E-state index in [1.165, 1.54) is 6.20 Å². The van der Waals surface area contributed by atoms with E-state index < -0.39 is 12.1 Å². The van der Waals surface area contributed by atoms with Crippen molar-refractivity contribution >= 4 is 28.6 Å². The molecule has 156 valence electrons. The van der Waals surface area contributed by atoms with Gasteiger partial charge < -0.3 is 19.3 Å². The van der Waals surface area contributed by atoms with Crippen molar-refractivity contribution in [1.29, 1.82) is 0 Å². The van der Waals surface area contributed by atoms with E-state index in [1.54, 1.807) is 42.5 Å². The molecule has 1 unspecified atom stereocenters. The van der Waals surface area contributed by atoms with Gasteiger partial charge in [-0.3, -0.25) is 0 Å². The van der Waals surface area contributed by atoms with Gasteiger partial charge in [-0.05, 0) is 68.1 Å². The molecular weight excluding hydrogens is 408 g/mol. The Morgan fingerprint density at radius 1 is 1.20 bits per heavy atom. The molecule has 0 amide bonds. The molecule has 3 aromatic rings. The molecule has 2 heterocycles. The lowest BCUT2D eigenvalue weighted by atomic mass is 10.1. The summed E-state index contributed by atoms with van der Waals surface area (Å²) in [7, 11) is 0. The van der Waals surface area contributed by atoms with Gasteiger partial charge in [0.1, 0.15) is 11.5 Å². The number of aromatic nitrogens is 2. The molecule has 2 aromatic carbocycles. The summed E-state index contributed by atoms with van der Waals surface area (Å²) >= 11 is 5.96. The SMILES string of the molecule is O=C(O)[C@@H](CCC1CCCO1)Oc1ccc(Oc2cnc3cc(Cl)ccc3n2)cc1. The van der Waals surface area contributed by atoms with Crippen molar-refractivity contribution in [3.05, 3.63) is 53.7 Å². The Kier molecular flexibility index (Phi) is 6.30. The monoisotopic (exact) mass is 428 g/mol. The van der Waals surface area contributed by atoms with Gasteiger partial charge in [-0.15, -0.1) is 0 Å². The highest BCUT2D eigenvalue weighted by Gasteiger charge is 2.23. The number of halogens is 1. The lowest BCUT2D eigenvalue weighted by Crippen LogP contribution is -2.28. The number of hydrogen-bond acceptors (Lipinski definition) is 6. The maximum absolute atomic E-state index is 11.5. The fraction of sp³-hybridized carbons (Fsp3) is 0.318. The second-order valence-electron chi connectivity index (χ2n) is 7.07. The molecule has 0 saturated carbocycles. The molecule has 4 rings (SSSR count). The van der Waals surface area contributed by atoms with E-state index in [-0.39, 0.29) is 6.10 Å². The molecule has 1 fully saturated rings. The molecule has 8 heteroatoms. The normalized spacial score (nSPS) is 17.0. The van der Waals surface area contributed by atoms with Crippen molar-refractivity contribution in [2.75, 3.05) is 6.61 Å². The number of carbonyl (C=O) groups is 1. The summed E-state index contributed by atoms with van der Waals surface area (Å²) in [5, 5.41) is 10.0. The van der Waals surface area contributed by atoms with Gasteiger partial charge in [0, 0.05) is 11.6 Å². The lowest BCUT2D eigenvalue weighted by molar-refractivity contribution is -0.145. The third kappa shape index (κ3) is 5.17. The predicted molar refractivity (Wildman–Crippen MR) is 111 cm³/mol. The van der Waals surface area contributed by atoms with Crippen molar-refractivity contribution in [2.24, 2.45) is 0 Å². The van der Waals surface area contributed by atoms with Crippen LogP contribution in [0.15, 0.2) is 48.7 Å². The van der Waals surface area contributed by atoms with Gasteiger partial charge in [0.05, 0.1) is 23.3 Å². The minimum atomic E-state index is -0.986. The summed E-state index contributed by atoms with van der Waals surface area (Å²) in [6.45, 7) is 0.750. The van der Waals surface area contributed by atoms with E-state index in [2.05, 4.69) is 9.97 Å². The summed E-state index contributed by atoms with van der Waals surface area (Å²) in [6, 6.07) is 12.0. The number of benzene rings is 2. The Hall–Kier alpha value is -2.90. The average molecular weight is 429 g/mol. The van der Waals surface area contributed by atoms with Gasteiger partial charge in [-0.2, -0.15) is 0 Å². The van der Waals surface area contributed by atoms with Crippen molar-refractivity contribution in [2.45, 2.75) is 37.9 Å². The molecule has 0 spiro atoms. The highest BCUT2D eigenvalue weighted by Crippen LogP contribution is 2.26. The van der Waals surface area contributed by atoms with E-state index in [1.807, 2.05) is 0 Å². The molecule has 0 bridgehead atoms. The maximum atomic E-state index is 11.5. The van der Waals surface area contributed by atoms with Crippen LogP contribution in [-0.4, -0.2) is 39.9 Å². The van der Waals surface area contributed by atoms with Crippen LogP contribution in [-0.2, 0) is 9.53 Å². The number of rotatable bonds is 8. The number of aliphatic carboxylic acids is 1. The third-order valence-corrected chi connectivity index (χ3v) is 5.09. The van der Waals surface area contributed by atoms with Gasteiger partial charge >= 0.3 is 5.97 Å². The van der Waals surface area contributed by atoms with Crippen LogP contribution in [0.3, 0.4) is 0 Å². The number of fused-ring (bicyclic) bond motifs is 1. The molecule has 1 aliphatic rings. The summed E-state index contributed by atoms with van der Waals surface area (Å²) in [5.41, 5.74) is 1.36. The first kappa shape index (κ1) is 20.4. The summed E-state index contributed by atoms with van der Waals surface area (Å²) in [5.74, 6) is 0.357. The smallest absolute Gasteiger partial charge is 0.344 e. The zero-order valence-corrected chi connectivity index (χ0v) is 16.9. The number of carboxylic acid groups (broad SMARTS) is 1. The van der Waals surface area contributed by atoms with Gasteiger partial charge in [0.25, 0.3) is 0 Å². The Balaban J connectivity index is 1.37. The highest BCUT2D eigenvalue weighted by molar-refractivity contribution is 6.31. The van der Waals surface area contributed by atoms with E-state index in [0.717, 1.165) is 19.4 Å². The van der Waals surface area contributed by atoms with E-state index >= 15 is 0 Å². The van der Waals surface area contributed by atoms with Crippen LogP contribution in [0, 0.1) is 0 Å². The van der Waals surface area contributed by atoms with Gasteiger partial charge in [0.15, 0.2) is 6.10 Å². The summed E-state index contributed by atoms with van der Waals surface area (Å²) < 4.78 is 17.0. The number of ether oxygens (including phenoxy) is 3. The highest BCUT2D eigenvalue weighted by atomic mass is 35.5. The van der Waals surface area contributed by atoms with Crippen LogP contribution in [0.5, 0.6) is 17.4 Å². The molecule has 30 heavy (non-hydrogen) atoms. The minimum absolute atomic E-state index is 0.130. The Bertz CT molecular complexity index is 1020. The molecule has 0 radical (unpaired) electrons. The average Bonchev–Trinajstić information content (AvgIpc) is 3.26.